The normalized spacial score (nSPS) is 18.0. The standard InChI is InChI=1S/C16H13ClN4O3/c17-14-7-21(3-4-23-14)16-15-12(19-9-20-16)5-10(6-18-15)13-2-1-11(8-22)24-13/h1-2,5-6,8-9,14H,3-4,7H2. The maximum Gasteiger partial charge on any atom is 0.185 e. The van der Waals surface area contributed by atoms with E-state index in [-0.39, 0.29) is 11.3 Å². The minimum Gasteiger partial charge on any atom is -0.453 e. The van der Waals surface area contributed by atoms with Crippen molar-refractivity contribution in [1.82, 2.24) is 15.0 Å². The second-order valence-corrected chi connectivity index (χ2v) is 5.82. The van der Waals surface area contributed by atoms with Crippen LogP contribution in [-0.2, 0) is 4.74 Å². The van der Waals surface area contributed by atoms with Gasteiger partial charge in [0, 0.05) is 18.3 Å². The smallest absolute Gasteiger partial charge is 0.185 e. The molecular weight excluding hydrogens is 332 g/mol. The molecule has 3 aromatic rings. The van der Waals surface area contributed by atoms with Gasteiger partial charge in [-0.2, -0.15) is 0 Å². The zero-order valence-corrected chi connectivity index (χ0v) is 13.3. The van der Waals surface area contributed by atoms with Crippen LogP contribution in [0.5, 0.6) is 0 Å². The molecule has 0 aromatic carbocycles. The third-order valence-corrected chi connectivity index (χ3v) is 4.07. The summed E-state index contributed by atoms with van der Waals surface area (Å²) in [4.78, 5) is 25.9. The number of carbonyl (C=O) groups is 1. The van der Waals surface area contributed by atoms with E-state index in [2.05, 4.69) is 15.0 Å². The highest BCUT2D eigenvalue weighted by Gasteiger charge is 2.22. The fraction of sp³-hybridized carbons (Fsp3) is 0.250. The van der Waals surface area contributed by atoms with Gasteiger partial charge in [0.25, 0.3) is 0 Å². The van der Waals surface area contributed by atoms with Crippen molar-refractivity contribution in [3.05, 3.63) is 36.5 Å². The number of halogens is 1. The van der Waals surface area contributed by atoms with Crippen LogP contribution in [0.2, 0.25) is 0 Å². The van der Waals surface area contributed by atoms with E-state index >= 15 is 0 Å². The number of hydrogen-bond acceptors (Lipinski definition) is 7. The van der Waals surface area contributed by atoms with Crippen molar-refractivity contribution in [2.24, 2.45) is 0 Å². The molecule has 1 unspecified atom stereocenters. The van der Waals surface area contributed by atoms with Crippen molar-refractivity contribution >= 4 is 34.7 Å². The molecule has 4 rings (SSSR count). The van der Waals surface area contributed by atoms with Crippen molar-refractivity contribution in [1.29, 1.82) is 0 Å². The largest absolute Gasteiger partial charge is 0.453 e. The summed E-state index contributed by atoms with van der Waals surface area (Å²) in [5.74, 6) is 1.57. The van der Waals surface area contributed by atoms with Crippen LogP contribution in [0.1, 0.15) is 10.6 Å². The van der Waals surface area contributed by atoms with E-state index in [1.54, 1.807) is 18.3 Å². The Labute approximate surface area is 142 Å². The number of anilines is 1. The molecule has 1 aliphatic rings. The van der Waals surface area contributed by atoms with Gasteiger partial charge in [0.1, 0.15) is 23.2 Å². The van der Waals surface area contributed by atoms with E-state index in [9.17, 15) is 4.79 Å². The fourth-order valence-corrected chi connectivity index (χ4v) is 2.92. The second-order valence-electron chi connectivity index (χ2n) is 5.34. The lowest BCUT2D eigenvalue weighted by molar-refractivity contribution is 0.0932. The third-order valence-electron chi connectivity index (χ3n) is 3.81. The van der Waals surface area contributed by atoms with Crippen LogP contribution < -0.4 is 4.90 Å². The number of ether oxygens (including phenoxy) is 1. The fourth-order valence-electron chi connectivity index (χ4n) is 2.67. The molecule has 24 heavy (non-hydrogen) atoms. The van der Waals surface area contributed by atoms with Crippen molar-refractivity contribution < 1.29 is 13.9 Å². The van der Waals surface area contributed by atoms with Gasteiger partial charge >= 0.3 is 0 Å². The summed E-state index contributed by atoms with van der Waals surface area (Å²) in [6.07, 6.45) is 3.85. The molecule has 0 amide bonds. The number of aldehydes is 1. The van der Waals surface area contributed by atoms with Crippen molar-refractivity contribution in [2.75, 3.05) is 24.6 Å². The highest BCUT2D eigenvalue weighted by molar-refractivity contribution is 6.20. The molecule has 1 fully saturated rings. The number of hydrogen-bond donors (Lipinski definition) is 0. The predicted molar refractivity (Wildman–Crippen MR) is 88.2 cm³/mol. The monoisotopic (exact) mass is 344 g/mol. The lowest BCUT2D eigenvalue weighted by Gasteiger charge is -2.31. The molecule has 1 saturated heterocycles. The van der Waals surface area contributed by atoms with Gasteiger partial charge in [-0.1, -0.05) is 11.6 Å². The van der Waals surface area contributed by atoms with Gasteiger partial charge in [-0.25, -0.2) is 15.0 Å². The summed E-state index contributed by atoms with van der Waals surface area (Å²) in [5.41, 5.74) is 1.76. The Morgan fingerprint density at radius 3 is 3.00 bits per heavy atom. The Kier molecular flexibility index (Phi) is 3.87. The molecular formula is C16H13ClN4O3. The van der Waals surface area contributed by atoms with Gasteiger partial charge < -0.3 is 14.1 Å². The second kappa shape index (κ2) is 6.18. The van der Waals surface area contributed by atoms with E-state index in [1.807, 2.05) is 11.0 Å². The van der Waals surface area contributed by atoms with E-state index in [4.69, 9.17) is 20.8 Å². The number of nitrogens with zero attached hydrogens (tertiary/aromatic N) is 4. The van der Waals surface area contributed by atoms with Gasteiger partial charge in [-0.3, -0.25) is 4.79 Å². The predicted octanol–water partition coefficient (Wildman–Crippen LogP) is 2.50. The molecule has 0 bridgehead atoms. The highest BCUT2D eigenvalue weighted by atomic mass is 35.5. The van der Waals surface area contributed by atoms with Gasteiger partial charge in [-0.05, 0) is 18.2 Å². The maximum atomic E-state index is 10.8. The Morgan fingerprint density at radius 2 is 2.21 bits per heavy atom. The molecule has 122 valence electrons. The van der Waals surface area contributed by atoms with Gasteiger partial charge in [-0.15, -0.1) is 0 Å². The number of morpholine rings is 1. The summed E-state index contributed by atoms with van der Waals surface area (Å²) >= 11 is 6.07. The zero-order chi connectivity index (χ0) is 16.5. The van der Waals surface area contributed by atoms with E-state index in [0.29, 0.717) is 42.8 Å². The number of aromatic nitrogens is 3. The van der Waals surface area contributed by atoms with E-state index < -0.39 is 0 Å². The van der Waals surface area contributed by atoms with Crippen LogP contribution in [0.4, 0.5) is 5.82 Å². The van der Waals surface area contributed by atoms with Crippen LogP contribution >= 0.6 is 11.6 Å². The van der Waals surface area contributed by atoms with Crippen LogP contribution in [0, 0.1) is 0 Å². The Balaban J connectivity index is 1.74. The highest BCUT2D eigenvalue weighted by Crippen LogP contribution is 2.28. The number of pyridine rings is 1. The van der Waals surface area contributed by atoms with Crippen LogP contribution in [0.25, 0.3) is 22.4 Å². The first-order chi connectivity index (χ1) is 11.7. The Hall–Kier alpha value is -2.51. The molecule has 7 nitrogen and oxygen atoms in total. The van der Waals surface area contributed by atoms with Gasteiger partial charge in [0.05, 0.1) is 18.7 Å². The Bertz CT molecular complexity index is 898. The summed E-state index contributed by atoms with van der Waals surface area (Å²) in [6.45, 7) is 1.77. The van der Waals surface area contributed by atoms with Crippen LogP contribution in [0.15, 0.2) is 35.1 Å². The molecule has 0 N–H and O–H groups in total. The van der Waals surface area contributed by atoms with Crippen LogP contribution in [0.3, 0.4) is 0 Å². The summed E-state index contributed by atoms with van der Waals surface area (Å²) in [5, 5.41) is 0. The molecule has 0 radical (unpaired) electrons. The van der Waals surface area contributed by atoms with Crippen molar-refractivity contribution in [3.8, 4) is 11.3 Å². The SMILES string of the molecule is O=Cc1ccc(-c2cnc3c(N4CCOC(Cl)C4)ncnc3c2)o1. The molecule has 4 heterocycles. The third kappa shape index (κ3) is 2.72. The maximum absolute atomic E-state index is 10.8. The van der Waals surface area contributed by atoms with Crippen molar-refractivity contribution in [2.45, 2.75) is 5.56 Å². The Morgan fingerprint density at radius 1 is 1.29 bits per heavy atom. The lowest BCUT2D eigenvalue weighted by Crippen LogP contribution is -2.40. The average molecular weight is 345 g/mol. The zero-order valence-electron chi connectivity index (χ0n) is 12.6. The molecule has 3 aromatic heterocycles. The van der Waals surface area contributed by atoms with Gasteiger partial charge in [0.2, 0.25) is 0 Å². The molecule has 0 saturated carbocycles. The number of carbonyl (C=O) groups excluding carboxylic acids is 1. The number of furan rings is 1. The summed E-state index contributed by atoms with van der Waals surface area (Å²) in [7, 11) is 0. The average Bonchev–Trinajstić information content (AvgIpc) is 3.10. The minimum atomic E-state index is -0.368. The number of rotatable bonds is 3. The quantitative estimate of drug-likeness (QED) is 0.533. The first kappa shape index (κ1) is 15.0. The number of alkyl halides is 1. The summed E-state index contributed by atoms with van der Waals surface area (Å²) < 4.78 is 10.8. The molecule has 8 heteroatoms. The number of fused-ring (bicyclic) bond motifs is 1. The molecule has 1 aliphatic heterocycles. The van der Waals surface area contributed by atoms with Crippen LogP contribution in [-0.4, -0.2) is 46.5 Å². The minimum absolute atomic E-state index is 0.273. The van der Waals surface area contributed by atoms with E-state index in [0.717, 1.165) is 11.4 Å². The van der Waals surface area contributed by atoms with Gasteiger partial charge in [0.15, 0.2) is 17.9 Å². The first-order valence-electron chi connectivity index (χ1n) is 7.41. The van der Waals surface area contributed by atoms with Crippen molar-refractivity contribution in [3.63, 3.8) is 0 Å². The topological polar surface area (TPSA) is 81.4 Å². The summed E-state index contributed by atoms with van der Waals surface area (Å²) in [6, 6.07) is 5.21. The molecule has 0 aliphatic carbocycles. The first-order valence-corrected chi connectivity index (χ1v) is 7.85. The molecule has 0 spiro atoms. The molecule has 1 atom stereocenters. The van der Waals surface area contributed by atoms with E-state index in [1.165, 1.54) is 6.33 Å². The lowest BCUT2D eigenvalue weighted by atomic mass is 10.2.